The molecule has 8 aromatic rings. The van der Waals surface area contributed by atoms with Crippen LogP contribution >= 0.6 is 104 Å². The van der Waals surface area contributed by atoms with Crippen molar-refractivity contribution in [3.05, 3.63) is 140 Å². The molecule has 45 nitrogen and oxygen atoms in total. The van der Waals surface area contributed by atoms with Gasteiger partial charge in [-0.25, -0.2) is 46.7 Å². The molecule has 6 aliphatic heterocycles. The number of fused-ring (bicyclic) bond motifs is 2. The minimum Gasteiger partial charge on any atom is -0.394 e. The van der Waals surface area contributed by atoms with Crippen molar-refractivity contribution in [1.29, 1.82) is 0 Å². The zero-order chi connectivity index (χ0) is 84.7. The Morgan fingerprint density at radius 3 is 1.04 bits per heavy atom. The van der Waals surface area contributed by atoms with Gasteiger partial charge in [-0.15, -0.1) is 0 Å². The van der Waals surface area contributed by atoms with Crippen LogP contribution in [-0.2, 0) is 28.4 Å². The standard InChI is InChI=1S/C10H10Cl2FN5O3.C10H11ClFN5O4.C9H11Cl2N3O4.C9H10Cl2N2O5.C9H11ClFN3O4.C9H10ClFN2O5/c11-6-4-7(17-9(14)16-6)18(2-15-4)8-10(12,13)5(20)3(1-19)21-8;11-10(12)5(19)3(1-18)21-8(10)17-2-14-4-6(17)15-9(13)16-7(4)20;10-9(11)6(16)4(3-15)18-7(9)14-2-1-5(12)13-8(14)17;10-9(11)6(16)4(3-14)18-7(9)13-2-1-5(15)12-8(13)17;10-9(11)6(16)4(3-15)18-7(9)14-2-1-5(12)13-8(14)17;10-9(11)6(16)4(3-14)18-7(9)13-2-1-5(15)12-8(13)17/h2-3,5,8,19-20H,1H2,(H2,14,16,17);2-3,5,8,18-19H,1H2,(H3,13,15,16,20);1-2,4,6-7,15-16H,3H2,(H2,12,13,17);1-2,4,6-7,14,16H,3H2,(H,12,15,17);1-2,4,6-7,15-16H,3H2,(H2,12,13,17);1-2,4,6-7,14,16H,3H2,(H,12,15,17)/t2*3-,5-,8-,10-;2*4-,6-,7-;2*4-,6-,7-,9-/m111111/s1. The van der Waals surface area contributed by atoms with Gasteiger partial charge < -0.3 is 113 Å². The van der Waals surface area contributed by atoms with Crippen molar-refractivity contribution in [2.45, 2.75) is 140 Å². The number of rotatable bonds is 12. The maximum absolute atomic E-state index is 14.5. The van der Waals surface area contributed by atoms with Crippen molar-refractivity contribution in [2.24, 2.45) is 0 Å². The van der Waals surface area contributed by atoms with Crippen LogP contribution < -0.4 is 62.4 Å². The molecule has 0 aliphatic carbocycles. The molecule has 23 N–H and O–H groups in total. The molecule has 0 bridgehead atoms. The third-order valence-corrected chi connectivity index (χ3v) is 20.7. The van der Waals surface area contributed by atoms with E-state index in [1.165, 1.54) is 24.7 Å². The first-order valence-corrected chi connectivity index (χ1v) is 35.3. The summed E-state index contributed by atoms with van der Waals surface area (Å²) in [6, 6.07) is 4.70. The molecule has 14 rings (SSSR count). The van der Waals surface area contributed by atoms with Crippen LogP contribution in [0.5, 0.6) is 0 Å². The molecular formula is C56H63Cl9F4N20O25. The highest BCUT2D eigenvalue weighted by Gasteiger charge is 2.62. The number of nitrogens with zero attached hydrogens (tertiary/aromatic N) is 13. The van der Waals surface area contributed by atoms with Gasteiger partial charge in [-0.2, -0.15) is 24.9 Å². The fourth-order valence-corrected chi connectivity index (χ4v) is 13.9. The van der Waals surface area contributed by atoms with E-state index >= 15 is 0 Å². The van der Waals surface area contributed by atoms with E-state index in [9.17, 15) is 81.8 Å². The number of aliphatic hydroxyl groups is 12. The Bertz CT molecular complexity index is 5000. The van der Waals surface area contributed by atoms with Crippen LogP contribution in [0, 0.1) is 0 Å². The van der Waals surface area contributed by atoms with Crippen LogP contribution in [0.1, 0.15) is 37.4 Å². The summed E-state index contributed by atoms with van der Waals surface area (Å²) in [4.78, 5) is 112. The Morgan fingerprint density at radius 2 is 0.693 bits per heavy atom. The third-order valence-electron chi connectivity index (χ3n) is 17.1. The van der Waals surface area contributed by atoms with E-state index in [1.54, 1.807) is 0 Å². The number of hydrogen-bond acceptors (Lipinski definition) is 36. The lowest BCUT2D eigenvalue weighted by Gasteiger charge is -2.23. The molecule has 0 saturated carbocycles. The van der Waals surface area contributed by atoms with E-state index in [0.717, 1.165) is 59.9 Å². The predicted molar refractivity (Wildman–Crippen MR) is 385 cm³/mol. The Labute approximate surface area is 673 Å². The number of aromatic nitrogens is 16. The normalized spacial score (nSPS) is 33.1. The molecule has 0 unspecified atom stereocenters. The maximum atomic E-state index is 14.5. The van der Waals surface area contributed by atoms with Crippen molar-refractivity contribution in [3.8, 4) is 0 Å². The maximum Gasteiger partial charge on any atom is 0.351 e. The number of nitrogens with one attached hydrogen (secondary N) is 3. The summed E-state index contributed by atoms with van der Waals surface area (Å²) < 4.78 is 90.2. The summed E-state index contributed by atoms with van der Waals surface area (Å²) in [5.41, 5.74) is 16.6. The zero-order valence-corrected chi connectivity index (χ0v) is 63.4. The fourth-order valence-electron chi connectivity index (χ4n) is 11.3. The average molecular weight is 1810 g/mol. The van der Waals surface area contributed by atoms with Gasteiger partial charge in [0.2, 0.25) is 11.9 Å². The molecular weight excluding hydrogens is 1750 g/mol. The summed E-state index contributed by atoms with van der Waals surface area (Å²) in [5.74, 6) is -0.313. The largest absolute Gasteiger partial charge is 0.394 e. The molecule has 628 valence electrons. The summed E-state index contributed by atoms with van der Waals surface area (Å²) in [6.45, 7) is -3.49. The lowest BCUT2D eigenvalue weighted by molar-refractivity contribution is -0.0518. The first-order chi connectivity index (χ1) is 53.2. The van der Waals surface area contributed by atoms with Crippen molar-refractivity contribution in [1.82, 2.24) is 77.2 Å². The number of alkyl halides is 12. The van der Waals surface area contributed by atoms with Gasteiger partial charge in [0.05, 0.1) is 52.3 Å². The first-order valence-electron chi connectivity index (χ1n) is 31.9. The van der Waals surface area contributed by atoms with Crippen molar-refractivity contribution in [2.75, 3.05) is 62.6 Å². The molecule has 6 saturated heterocycles. The minimum atomic E-state index is -2.78. The van der Waals surface area contributed by atoms with Crippen molar-refractivity contribution >= 4 is 150 Å². The van der Waals surface area contributed by atoms with E-state index in [4.69, 9.17) is 186 Å². The van der Waals surface area contributed by atoms with E-state index in [1.807, 2.05) is 9.97 Å². The van der Waals surface area contributed by atoms with Crippen LogP contribution in [0.15, 0.2) is 95.3 Å². The number of H-pyrrole nitrogens is 3. The number of hydrogen-bond donors (Lipinski definition) is 19. The van der Waals surface area contributed by atoms with Gasteiger partial charge in [-0.3, -0.25) is 56.7 Å². The van der Waals surface area contributed by atoms with Crippen LogP contribution in [-0.4, -0.2) is 281 Å². The Kier molecular flexibility index (Phi) is 28.3. The fraction of sp³-hybridized carbons (Fsp3) is 0.536. The summed E-state index contributed by atoms with van der Waals surface area (Å²) in [7, 11) is 0. The van der Waals surface area contributed by atoms with Crippen LogP contribution in [0.2, 0.25) is 5.15 Å². The van der Waals surface area contributed by atoms with Crippen LogP contribution in [0.25, 0.3) is 22.3 Å². The molecule has 114 heavy (non-hydrogen) atoms. The van der Waals surface area contributed by atoms with Crippen LogP contribution in [0.3, 0.4) is 0 Å². The molecule has 14 heterocycles. The molecule has 58 heteroatoms. The average Bonchev–Trinajstić information content (AvgIpc) is 1.60. The number of halogens is 13. The monoisotopic (exact) mass is 1810 g/mol. The van der Waals surface area contributed by atoms with Gasteiger partial charge in [0, 0.05) is 36.9 Å². The molecule has 0 radical (unpaired) electrons. The number of nitrogen functional groups attached to an aromatic ring is 4. The Morgan fingerprint density at radius 1 is 0.395 bits per heavy atom. The summed E-state index contributed by atoms with van der Waals surface area (Å²) in [5, 5.41) is 101. The zero-order valence-electron chi connectivity index (χ0n) is 56.6. The van der Waals surface area contributed by atoms with E-state index in [-0.39, 0.29) is 51.0 Å². The molecule has 0 amide bonds. The van der Waals surface area contributed by atoms with Crippen molar-refractivity contribution < 1.29 is 107 Å². The second-order valence-electron chi connectivity index (χ2n) is 24.6. The third kappa shape index (κ3) is 18.0. The predicted octanol–water partition coefficient (Wildman–Crippen LogP) is -5.04. The highest BCUT2D eigenvalue weighted by Crippen LogP contribution is 2.50. The Balaban J connectivity index is 0.000000157. The van der Waals surface area contributed by atoms with Gasteiger partial charge >= 0.3 is 22.8 Å². The SMILES string of the molecule is Nc1ccn([C@@H]2O[C@H](CO)[C@@H](O)C2(Cl)Cl)c(=O)n1.Nc1ccn([C@@H]2O[C@H](CO)[C@@H](O)[C@]2(F)Cl)c(=O)n1.Nc1nc(Cl)c2ncn([C@@H]3O[C@H](CO)[C@@H](O)[C@]3(F)Cl)c2n1.Nc1nc2c(ncn2[C@@H]2O[C@H](CO)[C@@H](O)[C@]2(F)Cl)c(=O)[nH]1.O=c1ccn([C@@H]2O[C@H](CO)[C@@H](O)C2(Cl)Cl)c(=O)[nH]1.O=c1ccn([C@@H]2O[C@H](CO)[C@@H](O)[C@]2(F)Cl)c(=O)[nH]1. The summed E-state index contributed by atoms with van der Waals surface area (Å²) in [6.07, 6.45) is -18.3. The van der Waals surface area contributed by atoms with E-state index < -0.39 is 219 Å². The Hall–Kier alpha value is -7.17. The lowest BCUT2D eigenvalue weighted by Crippen LogP contribution is -2.41. The van der Waals surface area contributed by atoms with Crippen molar-refractivity contribution in [3.63, 3.8) is 0 Å². The second kappa shape index (κ2) is 35.6. The quantitative estimate of drug-likeness (QED) is 0.0309. The van der Waals surface area contributed by atoms with Gasteiger partial charge in [-0.05, 0) is 12.1 Å². The van der Waals surface area contributed by atoms with Gasteiger partial charge in [0.25, 0.3) is 37.2 Å². The molecule has 6 fully saturated rings. The van der Waals surface area contributed by atoms with E-state index in [0.29, 0.717) is 4.57 Å². The lowest BCUT2D eigenvalue weighted by atomic mass is 10.1. The molecule has 8 aromatic heterocycles. The number of aromatic amines is 3. The number of aliphatic hydroxyl groups excluding tert-OH is 12. The molecule has 0 aromatic carbocycles. The van der Waals surface area contributed by atoms with Gasteiger partial charge in [0.1, 0.15) is 90.4 Å². The number of anilines is 4. The molecule has 6 aliphatic rings. The number of ether oxygens (including phenoxy) is 6. The highest BCUT2D eigenvalue weighted by molar-refractivity contribution is 6.50. The molecule has 0 spiro atoms. The van der Waals surface area contributed by atoms with Crippen LogP contribution in [0.4, 0.5) is 41.1 Å². The second-order valence-corrected chi connectivity index (χ2v) is 30.1. The smallest absolute Gasteiger partial charge is 0.351 e. The topological polar surface area (TPSA) is 689 Å². The summed E-state index contributed by atoms with van der Waals surface area (Å²) >= 11 is 52.1. The minimum absolute atomic E-state index is 0.00691. The molecule has 22 atom stereocenters. The first kappa shape index (κ1) is 90.7. The number of nitrogens with two attached hydrogens (primary N) is 4. The van der Waals surface area contributed by atoms with E-state index in [2.05, 4.69) is 39.9 Å². The highest BCUT2D eigenvalue weighted by atomic mass is 35.5. The van der Waals surface area contributed by atoms with Gasteiger partial charge in [-0.1, -0.05) is 104 Å². The number of imidazole rings is 2. The van der Waals surface area contributed by atoms with Gasteiger partial charge in [0.15, 0.2) is 68.0 Å².